The van der Waals surface area contributed by atoms with E-state index in [0.717, 1.165) is 5.56 Å². The van der Waals surface area contributed by atoms with Gasteiger partial charge in [-0.15, -0.1) is 0 Å². The van der Waals surface area contributed by atoms with Gasteiger partial charge in [-0.05, 0) is 23.8 Å². The van der Waals surface area contributed by atoms with Crippen LogP contribution in [0.1, 0.15) is 5.56 Å². The Hall–Kier alpha value is -1.85. The molecule has 1 aromatic rings. The Labute approximate surface area is 112 Å². The van der Waals surface area contributed by atoms with Crippen molar-refractivity contribution in [1.29, 1.82) is 0 Å². The Morgan fingerprint density at radius 3 is 2.53 bits per heavy atom. The normalized spacial score (nSPS) is 12.5. The molecule has 0 aliphatic carbocycles. The number of carbonyl (C=O) groups excluding carboxylic acids is 1. The number of esters is 1. The van der Waals surface area contributed by atoms with Crippen LogP contribution in [-0.2, 0) is 19.0 Å². The molecule has 0 saturated heterocycles. The van der Waals surface area contributed by atoms with Crippen molar-refractivity contribution in [2.24, 2.45) is 0 Å². The van der Waals surface area contributed by atoms with E-state index in [1.54, 1.807) is 37.5 Å². The van der Waals surface area contributed by atoms with Gasteiger partial charge in [0, 0.05) is 20.3 Å². The first-order chi connectivity index (χ1) is 9.15. The molecular weight excluding hydrogens is 248 g/mol. The van der Waals surface area contributed by atoms with Crippen molar-refractivity contribution in [3.63, 3.8) is 0 Å². The second-order valence-electron chi connectivity index (χ2n) is 3.87. The molecule has 0 spiro atoms. The molecule has 19 heavy (non-hydrogen) atoms. The van der Waals surface area contributed by atoms with Crippen LogP contribution in [0.25, 0.3) is 6.08 Å². The summed E-state index contributed by atoms with van der Waals surface area (Å²) in [6.07, 6.45) is 2.67. The first kappa shape index (κ1) is 15.2. The van der Waals surface area contributed by atoms with Gasteiger partial charge in [-0.3, -0.25) is 0 Å². The zero-order chi connectivity index (χ0) is 14.1. The molecule has 0 unspecified atom stereocenters. The van der Waals surface area contributed by atoms with Gasteiger partial charge in [0.05, 0.1) is 6.61 Å². The zero-order valence-corrected chi connectivity index (χ0v) is 11.0. The molecule has 0 aromatic heterocycles. The number of carbonyl (C=O) groups is 1. The summed E-state index contributed by atoms with van der Waals surface area (Å²) in [5.41, 5.74) is 0.801. The molecular formula is C14H18O5. The van der Waals surface area contributed by atoms with E-state index in [0.29, 0.717) is 6.61 Å². The van der Waals surface area contributed by atoms with Crippen LogP contribution < -0.4 is 0 Å². The molecule has 1 rings (SSSR count). The third kappa shape index (κ3) is 6.03. The molecule has 1 N–H and O–H groups in total. The summed E-state index contributed by atoms with van der Waals surface area (Å²) in [5, 5.41) is 9.12. The molecule has 5 heteroatoms. The van der Waals surface area contributed by atoms with Crippen LogP contribution >= 0.6 is 0 Å². The van der Waals surface area contributed by atoms with Crippen LogP contribution in [0.3, 0.4) is 0 Å². The van der Waals surface area contributed by atoms with Gasteiger partial charge in [-0.25, -0.2) is 4.79 Å². The predicted molar refractivity (Wildman–Crippen MR) is 70.8 cm³/mol. The van der Waals surface area contributed by atoms with E-state index in [4.69, 9.17) is 19.3 Å². The molecule has 5 nitrogen and oxygen atoms in total. The van der Waals surface area contributed by atoms with Gasteiger partial charge in [0.1, 0.15) is 18.5 Å². The highest BCUT2D eigenvalue weighted by molar-refractivity contribution is 5.87. The van der Waals surface area contributed by atoms with Crippen LogP contribution in [-0.4, -0.2) is 44.6 Å². The summed E-state index contributed by atoms with van der Waals surface area (Å²) in [5.74, 6) is -0.270. The molecule has 0 bridgehead atoms. The van der Waals surface area contributed by atoms with Crippen LogP contribution in [0.2, 0.25) is 0 Å². The smallest absolute Gasteiger partial charge is 0.330 e. The van der Waals surface area contributed by atoms with Crippen LogP contribution in [0.5, 0.6) is 5.75 Å². The van der Waals surface area contributed by atoms with E-state index in [1.807, 2.05) is 0 Å². The maximum atomic E-state index is 11.5. The largest absolute Gasteiger partial charge is 0.508 e. The Bertz CT molecular complexity index is 410. The topological polar surface area (TPSA) is 65.0 Å². The minimum absolute atomic E-state index is 0.142. The first-order valence-electron chi connectivity index (χ1n) is 5.81. The quantitative estimate of drug-likeness (QED) is 0.600. The highest BCUT2D eigenvalue weighted by Gasteiger charge is 2.08. The molecule has 0 radical (unpaired) electrons. The van der Waals surface area contributed by atoms with Crippen molar-refractivity contribution in [2.75, 3.05) is 27.4 Å². The van der Waals surface area contributed by atoms with Gasteiger partial charge >= 0.3 is 5.97 Å². The lowest BCUT2D eigenvalue weighted by molar-refractivity contribution is -0.142. The van der Waals surface area contributed by atoms with Crippen LogP contribution in [0.15, 0.2) is 30.3 Å². The van der Waals surface area contributed by atoms with Gasteiger partial charge in [0.15, 0.2) is 0 Å². The second kappa shape index (κ2) is 8.29. The fourth-order valence-electron chi connectivity index (χ4n) is 1.34. The number of rotatable bonds is 7. The van der Waals surface area contributed by atoms with Crippen molar-refractivity contribution in [2.45, 2.75) is 6.10 Å². The molecule has 0 amide bonds. The van der Waals surface area contributed by atoms with Gasteiger partial charge in [0.2, 0.25) is 0 Å². The summed E-state index contributed by atoms with van der Waals surface area (Å²) in [6, 6.07) is 6.49. The van der Waals surface area contributed by atoms with E-state index in [1.165, 1.54) is 13.2 Å². The Kier molecular flexibility index (Phi) is 6.63. The number of aromatic hydroxyl groups is 1. The average molecular weight is 266 g/mol. The van der Waals surface area contributed by atoms with E-state index in [9.17, 15) is 4.79 Å². The number of phenolic OH excluding ortho intramolecular Hbond substituents is 1. The number of ether oxygens (including phenoxy) is 3. The SMILES string of the molecule is COC[C@@H](COC(=O)C=Cc1ccc(O)cc1)OC. The molecule has 0 saturated carbocycles. The predicted octanol–water partition coefficient (Wildman–Crippen LogP) is 1.61. The van der Waals surface area contributed by atoms with Crippen molar-refractivity contribution in [3.05, 3.63) is 35.9 Å². The third-order valence-corrected chi connectivity index (χ3v) is 2.40. The molecule has 0 aliphatic heterocycles. The number of hydrogen-bond acceptors (Lipinski definition) is 5. The highest BCUT2D eigenvalue weighted by atomic mass is 16.6. The summed E-state index contributed by atoms with van der Waals surface area (Å²) >= 11 is 0. The van der Waals surface area contributed by atoms with Crippen LogP contribution in [0, 0.1) is 0 Å². The minimum Gasteiger partial charge on any atom is -0.508 e. The van der Waals surface area contributed by atoms with Crippen molar-refractivity contribution >= 4 is 12.0 Å². The number of hydrogen-bond donors (Lipinski definition) is 1. The van der Waals surface area contributed by atoms with E-state index in [2.05, 4.69) is 0 Å². The van der Waals surface area contributed by atoms with Gasteiger partial charge in [-0.2, -0.15) is 0 Å². The van der Waals surface area contributed by atoms with Gasteiger partial charge < -0.3 is 19.3 Å². The lowest BCUT2D eigenvalue weighted by Gasteiger charge is -2.13. The van der Waals surface area contributed by atoms with E-state index < -0.39 is 5.97 Å². The maximum Gasteiger partial charge on any atom is 0.330 e. The molecule has 0 aliphatic rings. The van der Waals surface area contributed by atoms with Crippen molar-refractivity contribution in [1.82, 2.24) is 0 Å². The Morgan fingerprint density at radius 2 is 1.95 bits per heavy atom. The fourth-order valence-corrected chi connectivity index (χ4v) is 1.34. The molecule has 1 aromatic carbocycles. The van der Waals surface area contributed by atoms with E-state index >= 15 is 0 Å². The Balaban J connectivity index is 2.40. The van der Waals surface area contributed by atoms with Crippen LogP contribution in [0.4, 0.5) is 0 Å². The second-order valence-corrected chi connectivity index (χ2v) is 3.87. The fraction of sp³-hybridized carbons (Fsp3) is 0.357. The standard InChI is InChI=1S/C14H18O5/c1-17-9-13(18-2)10-19-14(16)8-5-11-3-6-12(15)7-4-11/h3-8,13,15H,9-10H2,1-2H3/t13-/m0/s1. The third-order valence-electron chi connectivity index (χ3n) is 2.40. The number of phenols is 1. The number of benzene rings is 1. The average Bonchev–Trinajstić information content (AvgIpc) is 2.42. The van der Waals surface area contributed by atoms with Gasteiger partial charge in [-0.1, -0.05) is 12.1 Å². The Morgan fingerprint density at radius 1 is 1.26 bits per heavy atom. The summed E-state index contributed by atoms with van der Waals surface area (Å²) in [7, 11) is 3.09. The first-order valence-corrected chi connectivity index (χ1v) is 5.81. The highest BCUT2D eigenvalue weighted by Crippen LogP contribution is 2.10. The lowest BCUT2D eigenvalue weighted by Crippen LogP contribution is -2.24. The van der Waals surface area contributed by atoms with Crippen molar-refractivity contribution < 1.29 is 24.1 Å². The molecule has 104 valence electrons. The monoisotopic (exact) mass is 266 g/mol. The zero-order valence-electron chi connectivity index (χ0n) is 11.0. The summed E-state index contributed by atoms with van der Waals surface area (Å²) < 4.78 is 15.0. The van der Waals surface area contributed by atoms with Crippen molar-refractivity contribution in [3.8, 4) is 5.75 Å². The molecule has 0 fully saturated rings. The summed E-state index contributed by atoms with van der Waals surface area (Å²) in [4.78, 5) is 11.5. The maximum absolute atomic E-state index is 11.5. The summed E-state index contributed by atoms with van der Waals surface area (Å²) in [6.45, 7) is 0.508. The van der Waals surface area contributed by atoms with E-state index in [-0.39, 0.29) is 18.5 Å². The number of methoxy groups -OCH3 is 2. The molecule has 0 heterocycles. The lowest BCUT2D eigenvalue weighted by atomic mass is 10.2. The minimum atomic E-state index is -0.453. The molecule has 1 atom stereocenters. The van der Waals surface area contributed by atoms with Gasteiger partial charge in [0.25, 0.3) is 0 Å².